The molecule has 2 aromatic carbocycles. The Morgan fingerprint density at radius 3 is 2.76 bits per heavy atom. The zero-order chi connectivity index (χ0) is 14.8. The maximum atomic E-state index is 12.0. The quantitative estimate of drug-likeness (QED) is 0.876. The van der Waals surface area contributed by atoms with Crippen molar-refractivity contribution in [2.24, 2.45) is 0 Å². The second-order valence-corrected chi connectivity index (χ2v) is 5.42. The number of carbonyl (C=O) groups excluding carboxylic acids is 1. The van der Waals surface area contributed by atoms with Crippen LogP contribution in [0.3, 0.4) is 0 Å². The molecule has 0 aromatic heterocycles. The zero-order valence-corrected chi connectivity index (χ0v) is 12.0. The van der Waals surface area contributed by atoms with Crippen LogP contribution in [0.1, 0.15) is 24.4 Å². The smallest absolute Gasteiger partial charge is 0.410 e. The monoisotopic (exact) mass is 285 g/mol. The van der Waals surface area contributed by atoms with E-state index in [0.29, 0.717) is 13.0 Å². The van der Waals surface area contributed by atoms with Gasteiger partial charge in [-0.05, 0) is 35.2 Å². The minimum atomic E-state index is -0.556. The summed E-state index contributed by atoms with van der Waals surface area (Å²) in [7, 11) is 1.38. The molecule has 3 rings (SSSR count). The van der Waals surface area contributed by atoms with E-state index in [1.165, 1.54) is 7.11 Å². The lowest BCUT2D eigenvalue weighted by molar-refractivity contribution is 0.00997. The summed E-state index contributed by atoms with van der Waals surface area (Å²) in [5.41, 5.74) is 0.950. The van der Waals surface area contributed by atoms with Crippen molar-refractivity contribution in [3.63, 3.8) is 0 Å². The fraction of sp³-hybridized carbons (Fsp3) is 0.353. The standard InChI is InChI=1S/C17H19NO3/c1-21-17(20)18-10-4-7-15(19)16(18)14-9-8-12-5-2-3-6-13(12)11-14/h2-3,5-6,8-9,11,15-16,19H,4,7,10H2,1H3/t15-,16-/m0/s1. The van der Waals surface area contributed by atoms with Crippen molar-refractivity contribution in [2.75, 3.05) is 13.7 Å². The first kappa shape index (κ1) is 13.9. The summed E-state index contributed by atoms with van der Waals surface area (Å²) in [6.45, 7) is 0.612. The zero-order valence-electron chi connectivity index (χ0n) is 12.0. The molecule has 1 aliphatic heterocycles. The van der Waals surface area contributed by atoms with Crippen molar-refractivity contribution in [1.29, 1.82) is 0 Å². The van der Waals surface area contributed by atoms with E-state index in [1.54, 1.807) is 4.90 Å². The van der Waals surface area contributed by atoms with E-state index in [0.717, 1.165) is 22.8 Å². The van der Waals surface area contributed by atoms with Gasteiger partial charge in [0.05, 0.1) is 19.3 Å². The second-order valence-electron chi connectivity index (χ2n) is 5.42. The maximum Gasteiger partial charge on any atom is 0.410 e. The van der Waals surface area contributed by atoms with Crippen LogP contribution in [0.4, 0.5) is 4.79 Å². The first-order chi connectivity index (χ1) is 10.2. The van der Waals surface area contributed by atoms with Crippen LogP contribution in [0.15, 0.2) is 42.5 Å². The fourth-order valence-corrected chi connectivity index (χ4v) is 3.09. The minimum absolute atomic E-state index is 0.337. The average Bonchev–Trinajstić information content (AvgIpc) is 2.53. The number of aliphatic hydroxyl groups excluding tert-OH is 1. The maximum absolute atomic E-state index is 12.0. The van der Waals surface area contributed by atoms with Crippen LogP contribution in [0.2, 0.25) is 0 Å². The van der Waals surface area contributed by atoms with E-state index in [1.807, 2.05) is 36.4 Å². The molecule has 2 atom stereocenters. The van der Waals surface area contributed by atoms with E-state index in [-0.39, 0.29) is 12.1 Å². The Bertz CT molecular complexity index is 655. The molecule has 4 nitrogen and oxygen atoms in total. The number of hydrogen-bond acceptors (Lipinski definition) is 3. The Balaban J connectivity index is 2.02. The third-order valence-electron chi connectivity index (χ3n) is 4.12. The van der Waals surface area contributed by atoms with Crippen LogP contribution in [-0.2, 0) is 4.74 Å². The number of carbonyl (C=O) groups is 1. The largest absolute Gasteiger partial charge is 0.453 e. The molecule has 1 N–H and O–H groups in total. The first-order valence-electron chi connectivity index (χ1n) is 7.22. The van der Waals surface area contributed by atoms with E-state index >= 15 is 0 Å². The highest BCUT2D eigenvalue weighted by molar-refractivity contribution is 5.83. The summed E-state index contributed by atoms with van der Waals surface area (Å²) in [5, 5.41) is 12.6. The first-order valence-corrected chi connectivity index (χ1v) is 7.22. The van der Waals surface area contributed by atoms with Crippen LogP contribution in [0.25, 0.3) is 10.8 Å². The molecule has 0 aliphatic carbocycles. The van der Waals surface area contributed by atoms with Crippen LogP contribution in [-0.4, -0.2) is 35.9 Å². The van der Waals surface area contributed by atoms with Gasteiger partial charge in [-0.3, -0.25) is 4.90 Å². The fourth-order valence-electron chi connectivity index (χ4n) is 3.09. The van der Waals surface area contributed by atoms with Gasteiger partial charge in [-0.25, -0.2) is 4.79 Å². The highest BCUT2D eigenvalue weighted by atomic mass is 16.5. The Kier molecular flexibility index (Phi) is 3.80. The van der Waals surface area contributed by atoms with Crippen LogP contribution in [0.5, 0.6) is 0 Å². The molecule has 21 heavy (non-hydrogen) atoms. The summed E-state index contributed by atoms with van der Waals surface area (Å²) in [6, 6.07) is 13.8. The molecular weight excluding hydrogens is 266 g/mol. The van der Waals surface area contributed by atoms with Crippen molar-refractivity contribution in [3.05, 3.63) is 48.0 Å². The molecule has 0 saturated carbocycles. The van der Waals surface area contributed by atoms with Gasteiger partial charge in [0, 0.05) is 6.54 Å². The number of benzene rings is 2. The average molecular weight is 285 g/mol. The molecule has 1 amide bonds. The normalized spacial score (nSPS) is 22.3. The van der Waals surface area contributed by atoms with Gasteiger partial charge in [-0.2, -0.15) is 0 Å². The summed E-state index contributed by atoms with van der Waals surface area (Å²) in [5.74, 6) is 0. The number of piperidine rings is 1. The number of methoxy groups -OCH3 is 1. The lowest BCUT2D eigenvalue weighted by atomic mass is 9.91. The molecule has 2 aromatic rings. The van der Waals surface area contributed by atoms with Gasteiger partial charge in [0.25, 0.3) is 0 Å². The van der Waals surface area contributed by atoms with E-state index < -0.39 is 6.10 Å². The Labute approximate surface area is 123 Å². The molecule has 1 saturated heterocycles. The van der Waals surface area contributed by atoms with Gasteiger partial charge < -0.3 is 9.84 Å². The molecule has 1 aliphatic rings. The van der Waals surface area contributed by atoms with E-state index in [4.69, 9.17) is 4.74 Å². The minimum Gasteiger partial charge on any atom is -0.453 e. The van der Waals surface area contributed by atoms with Crippen molar-refractivity contribution < 1.29 is 14.6 Å². The Morgan fingerprint density at radius 1 is 1.24 bits per heavy atom. The predicted octanol–water partition coefficient (Wildman–Crippen LogP) is 3.10. The van der Waals surface area contributed by atoms with Gasteiger partial charge in [-0.1, -0.05) is 36.4 Å². The molecule has 1 fully saturated rings. The van der Waals surface area contributed by atoms with E-state index in [2.05, 4.69) is 6.07 Å². The molecular formula is C17H19NO3. The summed E-state index contributed by atoms with van der Waals surface area (Å²) in [6.07, 6.45) is 0.552. The second kappa shape index (κ2) is 5.74. The van der Waals surface area contributed by atoms with Gasteiger partial charge in [0.1, 0.15) is 0 Å². The number of aliphatic hydroxyl groups is 1. The number of ether oxygens (including phenoxy) is 1. The lowest BCUT2D eigenvalue weighted by Gasteiger charge is -2.38. The van der Waals surface area contributed by atoms with E-state index in [9.17, 15) is 9.90 Å². The van der Waals surface area contributed by atoms with Gasteiger partial charge in [-0.15, -0.1) is 0 Å². The third-order valence-corrected chi connectivity index (χ3v) is 4.12. The van der Waals surface area contributed by atoms with Crippen LogP contribution < -0.4 is 0 Å². The van der Waals surface area contributed by atoms with Crippen LogP contribution in [0, 0.1) is 0 Å². The number of amides is 1. The lowest BCUT2D eigenvalue weighted by Crippen LogP contribution is -2.45. The Hall–Kier alpha value is -2.07. The number of hydrogen-bond donors (Lipinski definition) is 1. The van der Waals surface area contributed by atoms with Crippen molar-refractivity contribution in [3.8, 4) is 0 Å². The number of nitrogens with zero attached hydrogens (tertiary/aromatic N) is 1. The molecule has 4 heteroatoms. The highest BCUT2D eigenvalue weighted by Gasteiger charge is 2.35. The molecule has 0 unspecified atom stereocenters. The SMILES string of the molecule is COC(=O)N1CCC[C@H](O)[C@@H]1c1ccc2ccccc2c1. The topological polar surface area (TPSA) is 49.8 Å². The van der Waals surface area contributed by atoms with Crippen molar-refractivity contribution in [2.45, 2.75) is 25.0 Å². The third kappa shape index (κ3) is 2.59. The summed E-state index contributed by atoms with van der Waals surface area (Å²) >= 11 is 0. The number of rotatable bonds is 1. The summed E-state index contributed by atoms with van der Waals surface area (Å²) in [4.78, 5) is 13.6. The molecule has 0 radical (unpaired) electrons. The van der Waals surface area contributed by atoms with Gasteiger partial charge in [0.15, 0.2) is 0 Å². The molecule has 110 valence electrons. The number of fused-ring (bicyclic) bond motifs is 1. The van der Waals surface area contributed by atoms with Gasteiger partial charge in [0.2, 0.25) is 0 Å². The Morgan fingerprint density at radius 2 is 2.00 bits per heavy atom. The highest BCUT2D eigenvalue weighted by Crippen LogP contribution is 2.33. The van der Waals surface area contributed by atoms with Gasteiger partial charge >= 0.3 is 6.09 Å². The molecule has 0 spiro atoms. The molecule has 0 bridgehead atoms. The van der Waals surface area contributed by atoms with Crippen molar-refractivity contribution in [1.82, 2.24) is 4.90 Å². The van der Waals surface area contributed by atoms with Crippen molar-refractivity contribution >= 4 is 16.9 Å². The predicted molar refractivity (Wildman–Crippen MR) is 81.0 cm³/mol. The molecule has 1 heterocycles. The van der Waals surface area contributed by atoms with Crippen LogP contribution >= 0.6 is 0 Å². The summed E-state index contributed by atoms with van der Waals surface area (Å²) < 4.78 is 4.85. The number of likely N-dealkylation sites (tertiary alicyclic amines) is 1.